The SMILES string of the molecule is C=COCCCCCc1c(C(=O)O)ccc(C(=O)O)c1CCCCCOC=C. The zero-order valence-electron chi connectivity index (χ0n) is 16.3. The summed E-state index contributed by atoms with van der Waals surface area (Å²) in [6, 6.07) is 2.81. The maximum atomic E-state index is 11.7. The number of carboxylic acid groups (broad SMARTS) is 2. The molecule has 0 unspecified atom stereocenters. The van der Waals surface area contributed by atoms with Gasteiger partial charge in [0, 0.05) is 0 Å². The molecule has 0 aliphatic carbocycles. The Morgan fingerprint density at radius 2 is 1.14 bits per heavy atom. The fourth-order valence-corrected chi connectivity index (χ4v) is 3.16. The predicted molar refractivity (Wildman–Crippen MR) is 108 cm³/mol. The molecule has 0 atom stereocenters. The molecule has 1 aromatic carbocycles. The van der Waals surface area contributed by atoms with Crippen LogP contribution in [0, 0.1) is 0 Å². The van der Waals surface area contributed by atoms with Crippen molar-refractivity contribution in [3.05, 3.63) is 60.1 Å². The molecular formula is C22H30O6. The van der Waals surface area contributed by atoms with Gasteiger partial charge in [0.1, 0.15) is 0 Å². The number of benzene rings is 1. The molecule has 0 bridgehead atoms. The van der Waals surface area contributed by atoms with Gasteiger partial charge in [0.15, 0.2) is 0 Å². The number of unbranched alkanes of at least 4 members (excludes halogenated alkanes) is 4. The molecular weight excluding hydrogens is 360 g/mol. The van der Waals surface area contributed by atoms with Crippen LogP contribution in [0.1, 0.15) is 70.4 Å². The quantitative estimate of drug-likeness (QED) is 0.310. The first-order valence-electron chi connectivity index (χ1n) is 9.59. The van der Waals surface area contributed by atoms with E-state index >= 15 is 0 Å². The van der Waals surface area contributed by atoms with E-state index in [4.69, 9.17) is 9.47 Å². The summed E-state index contributed by atoms with van der Waals surface area (Å²) in [6.45, 7) is 8.13. The Kier molecular flexibility index (Phi) is 11.2. The van der Waals surface area contributed by atoms with Crippen LogP contribution in [0.3, 0.4) is 0 Å². The Morgan fingerprint density at radius 3 is 1.46 bits per heavy atom. The number of aromatic carboxylic acids is 2. The van der Waals surface area contributed by atoms with Crippen LogP contribution < -0.4 is 0 Å². The summed E-state index contributed by atoms with van der Waals surface area (Å²) >= 11 is 0. The Morgan fingerprint density at radius 1 is 0.750 bits per heavy atom. The number of carboxylic acids is 2. The zero-order chi connectivity index (χ0) is 20.8. The number of rotatable bonds is 16. The predicted octanol–water partition coefficient (Wildman–Crippen LogP) is 4.83. The Balaban J connectivity index is 2.91. The Labute approximate surface area is 166 Å². The summed E-state index contributed by atoms with van der Waals surface area (Å²) in [4.78, 5) is 23.3. The fourth-order valence-electron chi connectivity index (χ4n) is 3.16. The molecule has 0 aliphatic rings. The van der Waals surface area contributed by atoms with E-state index in [0.717, 1.165) is 38.5 Å². The lowest BCUT2D eigenvalue weighted by atomic mass is 9.89. The molecule has 28 heavy (non-hydrogen) atoms. The summed E-state index contributed by atoms with van der Waals surface area (Å²) in [5, 5.41) is 19.1. The van der Waals surface area contributed by atoms with E-state index in [1.807, 2.05) is 0 Å². The molecule has 0 heterocycles. The fraction of sp³-hybridized carbons (Fsp3) is 0.455. The summed E-state index contributed by atoms with van der Waals surface area (Å²) in [5.74, 6) is -2.05. The van der Waals surface area contributed by atoms with Crippen LogP contribution >= 0.6 is 0 Å². The van der Waals surface area contributed by atoms with E-state index < -0.39 is 11.9 Å². The van der Waals surface area contributed by atoms with Crippen LogP contribution in [0.2, 0.25) is 0 Å². The van der Waals surface area contributed by atoms with E-state index in [0.29, 0.717) is 37.2 Å². The van der Waals surface area contributed by atoms with Gasteiger partial charge in [-0.2, -0.15) is 0 Å². The molecule has 1 aromatic rings. The average Bonchev–Trinajstić information content (AvgIpc) is 2.67. The topological polar surface area (TPSA) is 93.1 Å². The van der Waals surface area contributed by atoms with Crippen LogP contribution in [-0.4, -0.2) is 35.4 Å². The van der Waals surface area contributed by atoms with Gasteiger partial charge in [0.05, 0.1) is 36.9 Å². The van der Waals surface area contributed by atoms with E-state index in [1.54, 1.807) is 0 Å². The van der Waals surface area contributed by atoms with E-state index in [-0.39, 0.29) is 11.1 Å². The van der Waals surface area contributed by atoms with Crippen molar-refractivity contribution in [3.63, 3.8) is 0 Å². The van der Waals surface area contributed by atoms with Gasteiger partial charge >= 0.3 is 11.9 Å². The van der Waals surface area contributed by atoms with Gasteiger partial charge in [-0.3, -0.25) is 0 Å². The first-order chi connectivity index (χ1) is 13.5. The van der Waals surface area contributed by atoms with Crippen LogP contribution in [0.4, 0.5) is 0 Å². The molecule has 154 valence electrons. The lowest BCUT2D eigenvalue weighted by Crippen LogP contribution is -2.12. The van der Waals surface area contributed by atoms with Crippen molar-refractivity contribution in [1.29, 1.82) is 0 Å². The van der Waals surface area contributed by atoms with Gasteiger partial charge in [-0.1, -0.05) is 13.2 Å². The van der Waals surface area contributed by atoms with Crippen LogP contribution in [0.25, 0.3) is 0 Å². The molecule has 0 amide bonds. The molecule has 0 aliphatic heterocycles. The average molecular weight is 390 g/mol. The number of hydrogen-bond donors (Lipinski definition) is 2. The third kappa shape index (κ3) is 7.86. The van der Waals surface area contributed by atoms with Crippen LogP contribution in [0.5, 0.6) is 0 Å². The maximum absolute atomic E-state index is 11.7. The van der Waals surface area contributed by atoms with E-state index in [1.165, 1.54) is 24.7 Å². The minimum Gasteiger partial charge on any atom is -0.502 e. The molecule has 6 heteroatoms. The monoisotopic (exact) mass is 390 g/mol. The van der Waals surface area contributed by atoms with Crippen molar-refractivity contribution < 1.29 is 29.3 Å². The van der Waals surface area contributed by atoms with Crippen molar-refractivity contribution >= 4 is 11.9 Å². The second-order valence-corrected chi connectivity index (χ2v) is 6.42. The van der Waals surface area contributed by atoms with Gasteiger partial charge in [-0.15, -0.1) is 0 Å². The number of hydrogen-bond acceptors (Lipinski definition) is 4. The largest absolute Gasteiger partial charge is 0.502 e. The third-order valence-electron chi connectivity index (χ3n) is 4.51. The Bertz CT molecular complexity index is 608. The summed E-state index contributed by atoms with van der Waals surface area (Å²) in [6.07, 6.45) is 8.81. The van der Waals surface area contributed by atoms with Crippen LogP contribution in [-0.2, 0) is 22.3 Å². The van der Waals surface area contributed by atoms with Gasteiger partial charge < -0.3 is 19.7 Å². The standard InChI is InChI=1S/C22H30O6/c1-3-27-15-9-5-7-11-17-18(12-8-6-10-16-28-4-2)20(22(25)26)14-13-19(17)21(23)24/h3-4,13-14H,1-2,5-12,15-16H2,(H,23,24)(H,25,26). The third-order valence-corrected chi connectivity index (χ3v) is 4.51. The molecule has 6 nitrogen and oxygen atoms in total. The minimum atomic E-state index is -1.03. The Hall–Kier alpha value is -2.76. The first kappa shape index (κ1) is 23.3. The molecule has 0 radical (unpaired) electrons. The van der Waals surface area contributed by atoms with Crippen LogP contribution in [0.15, 0.2) is 37.8 Å². The van der Waals surface area contributed by atoms with Crippen molar-refractivity contribution in [2.45, 2.75) is 51.4 Å². The highest BCUT2D eigenvalue weighted by atomic mass is 16.5. The number of carbonyl (C=O) groups is 2. The minimum absolute atomic E-state index is 0.192. The van der Waals surface area contributed by atoms with Crippen molar-refractivity contribution in [3.8, 4) is 0 Å². The smallest absolute Gasteiger partial charge is 0.335 e. The molecule has 0 saturated heterocycles. The highest BCUT2D eigenvalue weighted by Crippen LogP contribution is 2.25. The summed E-state index contributed by atoms with van der Waals surface area (Å²) < 4.78 is 10.2. The van der Waals surface area contributed by atoms with Gasteiger partial charge in [-0.25, -0.2) is 9.59 Å². The van der Waals surface area contributed by atoms with E-state index in [9.17, 15) is 19.8 Å². The summed E-state index contributed by atoms with van der Waals surface area (Å²) in [7, 11) is 0. The molecule has 0 aromatic heterocycles. The molecule has 0 spiro atoms. The molecule has 0 fully saturated rings. The normalized spacial score (nSPS) is 10.3. The molecule has 1 rings (SSSR count). The zero-order valence-corrected chi connectivity index (χ0v) is 16.3. The van der Waals surface area contributed by atoms with Gasteiger partial charge in [-0.05, 0) is 74.6 Å². The summed E-state index contributed by atoms with van der Waals surface area (Å²) in [5.41, 5.74) is 1.66. The highest BCUT2D eigenvalue weighted by molar-refractivity contribution is 5.95. The number of ether oxygens (including phenoxy) is 2. The highest BCUT2D eigenvalue weighted by Gasteiger charge is 2.20. The molecule has 0 saturated carbocycles. The van der Waals surface area contributed by atoms with Gasteiger partial charge in [0.2, 0.25) is 0 Å². The van der Waals surface area contributed by atoms with E-state index in [2.05, 4.69) is 13.2 Å². The second-order valence-electron chi connectivity index (χ2n) is 6.42. The van der Waals surface area contributed by atoms with Crippen molar-refractivity contribution in [2.75, 3.05) is 13.2 Å². The van der Waals surface area contributed by atoms with Crippen molar-refractivity contribution in [2.24, 2.45) is 0 Å². The lowest BCUT2D eigenvalue weighted by Gasteiger charge is -2.16. The first-order valence-corrected chi connectivity index (χ1v) is 9.59. The maximum Gasteiger partial charge on any atom is 0.335 e. The second kappa shape index (κ2) is 13.4. The van der Waals surface area contributed by atoms with Gasteiger partial charge in [0.25, 0.3) is 0 Å². The lowest BCUT2D eigenvalue weighted by molar-refractivity contribution is 0.0679. The molecule has 2 N–H and O–H groups in total. The van der Waals surface area contributed by atoms with Crippen molar-refractivity contribution in [1.82, 2.24) is 0 Å².